The van der Waals surface area contributed by atoms with Crippen molar-refractivity contribution < 1.29 is 0 Å². The zero-order valence-electron chi connectivity index (χ0n) is 14.4. The van der Waals surface area contributed by atoms with Crippen molar-refractivity contribution in [2.45, 2.75) is 102 Å². The number of hydrogen-bond acceptors (Lipinski definition) is 2. The second kappa shape index (κ2) is 7.00. The first-order chi connectivity index (χ1) is 10.3. The topological polar surface area (TPSA) is 15.3 Å². The van der Waals surface area contributed by atoms with Gasteiger partial charge in [-0.3, -0.25) is 4.90 Å². The molecule has 1 atom stereocenters. The van der Waals surface area contributed by atoms with Gasteiger partial charge in [-0.2, -0.15) is 0 Å². The fourth-order valence-electron chi connectivity index (χ4n) is 5.51. The van der Waals surface area contributed by atoms with Crippen LogP contribution in [-0.4, -0.2) is 35.6 Å². The maximum absolute atomic E-state index is 4.01. The summed E-state index contributed by atoms with van der Waals surface area (Å²) in [5, 5.41) is 4.01. The van der Waals surface area contributed by atoms with E-state index in [1.54, 1.807) is 0 Å². The van der Waals surface area contributed by atoms with Gasteiger partial charge in [-0.25, -0.2) is 0 Å². The van der Waals surface area contributed by atoms with Gasteiger partial charge in [0.25, 0.3) is 0 Å². The number of piperazine rings is 1. The zero-order chi connectivity index (χ0) is 14.7. The van der Waals surface area contributed by atoms with Gasteiger partial charge in [0.1, 0.15) is 0 Å². The van der Waals surface area contributed by atoms with E-state index >= 15 is 0 Å². The first-order valence-corrected chi connectivity index (χ1v) is 9.79. The van der Waals surface area contributed by atoms with Gasteiger partial charge in [0.15, 0.2) is 0 Å². The Morgan fingerprint density at radius 3 is 2.29 bits per heavy atom. The third-order valence-corrected chi connectivity index (χ3v) is 6.83. The summed E-state index contributed by atoms with van der Waals surface area (Å²) in [5.41, 5.74) is 0.516. The SMILES string of the molecule is CCC(CC)N1CC(C2CCCCC2)NCC12CCCC2. The van der Waals surface area contributed by atoms with E-state index in [0.717, 1.165) is 18.0 Å². The average molecular weight is 293 g/mol. The maximum Gasteiger partial charge on any atom is 0.0337 e. The van der Waals surface area contributed by atoms with Gasteiger partial charge in [0.2, 0.25) is 0 Å². The van der Waals surface area contributed by atoms with Gasteiger partial charge in [0, 0.05) is 30.7 Å². The minimum absolute atomic E-state index is 0.516. The second-order valence-corrected chi connectivity index (χ2v) is 7.94. The summed E-state index contributed by atoms with van der Waals surface area (Å²) in [5.74, 6) is 0.953. The van der Waals surface area contributed by atoms with Crippen LogP contribution < -0.4 is 5.32 Å². The van der Waals surface area contributed by atoms with Crippen LogP contribution in [0.4, 0.5) is 0 Å². The van der Waals surface area contributed by atoms with Gasteiger partial charge < -0.3 is 5.32 Å². The number of hydrogen-bond donors (Lipinski definition) is 1. The Bertz CT molecular complexity index is 312. The molecule has 3 rings (SSSR count). The monoisotopic (exact) mass is 292 g/mol. The predicted molar refractivity (Wildman–Crippen MR) is 90.6 cm³/mol. The molecular formula is C19H36N2. The van der Waals surface area contributed by atoms with Crippen molar-refractivity contribution in [1.82, 2.24) is 10.2 Å². The van der Waals surface area contributed by atoms with Crippen LogP contribution in [0, 0.1) is 5.92 Å². The molecule has 2 aliphatic carbocycles. The molecule has 0 bridgehead atoms. The number of nitrogens with zero attached hydrogens (tertiary/aromatic N) is 1. The van der Waals surface area contributed by atoms with Crippen molar-refractivity contribution in [2.75, 3.05) is 13.1 Å². The lowest BCUT2D eigenvalue weighted by Crippen LogP contribution is -2.67. The predicted octanol–water partition coefficient (Wildman–Crippen LogP) is 4.34. The summed E-state index contributed by atoms with van der Waals surface area (Å²) in [6, 6.07) is 1.59. The minimum atomic E-state index is 0.516. The van der Waals surface area contributed by atoms with Crippen LogP contribution in [0.25, 0.3) is 0 Å². The highest BCUT2D eigenvalue weighted by Crippen LogP contribution is 2.41. The normalized spacial score (nSPS) is 31.3. The van der Waals surface area contributed by atoms with Crippen molar-refractivity contribution in [2.24, 2.45) is 5.92 Å². The Morgan fingerprint density at radius 1 is 1.00 bits per heavy atom. The first-order valence-electron chi connectivity index (χ1n) is 9.79. The second-order valence-electron chi connectivity index (χ2n) is 7.94. The van der Waals surface area contributed by atoms with Crippen molar-refractivity contribution in [3.63, 3.8) is 0 Å². The van der Waals surface area contributed by atoms with E-state index in [0.29, 0.717) is 5.54 Å². The molecule has 3 aliphatic rings. The molecule has 1 N–H and O–H groups in total. The molecule has 2 heteroatoms. The molecule has 2 nitrogen and oxygen atoms in total. The number of nitrogens with one attached hydrogen (secondary N) is 1. The largest absolute Gasteiger partial charge is 0.311 e. The van der Waals surface area contributed by atoms with E-state index in [4.69, 9.17) is 0 Å². The Kier molecular flexibility index (Phi) is 5.27. The van der Waals surface area contributed by atoms with Crippen LogP contribution in [0.15, 0.2) is 0 Å². The fourth-order valence-corrected chi connectivity index (χ4v) is 5.51. The van der Waals surface area contributed by atoms with E-state index in [2.05, 4.69) is 24.1 Å². The Morgan fingerprint density at radius 2 is 1.67 bits per heavy atom. The summed E-state index contributed by atoms with van der Waals surface area (Å²) in [6.07, 6.45) is 15.8. The lowest BCUT2D eigenvalue weighted by molar-refractivity contribution is -0.0119. The van der Waals surface area contributed by atoms with E-state index in [9.17, 15) is 0 Å². The molecule has 21 heavy (non-hydrogen) atoms. The highest BCUT2D eigenvalue weighted by Gasteiger charge is 2.46. The lowest BCUT2D eigenvalue weighted by atomic mass is 9.79. The molecule has 0 aromatic rings. The molecule has 0 radical (unpaired) electrons. The van der Waals surface area contributed by atoms with Crippen molar-refractivity contribution in [1.29, 1.82) is 0 Å². The smallest absolute Gasteiger partial charge is 0.0337 e. The quantitative estimate of drug-likeness (QED) is 0.829. The summed E-state index contributed by atoms with van der Waals surface area (Å²) in [6.45, 7) is 7.39. The molecule has 0 aromatic heterocycles. The number of rotatable bonds is 4. The summed E-state index contributed by atoms with van der Waals surface area (Å²) in [7, 11) is 0. The molecule has 1 heterocycles. The van der Waals surface area contributed by atoms with Gasteiger partial charge in [-0.1, -0.05) is 46.0 Å². The Hall–Kier alpha value is -0.0800. The Labute approximate surface area is 132 Å². The molecule has 1 aliphatic heterocycles. The van der Waals surface area contributed by atoms with Gasteiger partial charge in [-0.05, 0) is 44.4 Å². The highest BCUT2D eigenvalue weighted by molar-refractivity contribution is 5.04. The molecule has 3 fully saturated rings. The first kappa shape index (κ1) is 15.8. The fraction of sp³-hybridized carbons (Fsp3) is 1.00. The van der Waals surface area contributed by atoms with Crippen LogP contribution in [0.1, 0.15) is 84.5 Å². The van der Waals surface area contributed by atoms with Crippen molar-refractivity contribution in [3.05, 3.63) is 0 Å². The van der Waals surface area contributed by atoms with E-state index in [1.165, 1.54) is 83.7 Å². The van der Waals surface area contributed by atoms with E-state index in [-0.39, 0.29) is 0 Å². The third kappa shape index (κ3) is 3.17. The molecule has 2 saturated carbocycles. The van der Waals surface area contributed by atoms with Crippen molar-refractivity contribution >= 4 is 0 Å². The van der Waals surface area contributed by atoms with Gasteiger partial charge in [0.05, 0.1) is 0 Å². The minimum Gasteiger partial charge on any atom is -0.311 e. The molecule has 0 aromatic carbocycles. The summed E-state index contributed by atoms with van der Waals surface area (Å²) in [4.78, 5) is 2.98. The summed E-state index contributed by atoms with van der Waals surface area (Å²) < 4.78 is 0. The average Bonchev–Trinajstić information content (AvgIpc) is 3.00. The van der Waals surface area contributed by atoms with Crippen LogP contribution in [-0.2, 0) is 0 Å². The molecule has 1 saturated heterocycles. The Balaban J connectivity index is 1.72. The van der Waals surface area contributed by atoms with Crippen molar-refractivity contribution in [3.8, 4) is 0 Å². The van der Waals surface area contributed by atoms with Crippen LogP contribution >= 0.6 is 0 Å². The highest BCUT2D eigenvalue weighted by atomic mass is 15.3. The molecule has 122 valence electrons. The molecule has 0 amide bonds. The standard InChI is InChI=1S/C19H36N2/c1-3-17(4-2)21-14-18(16-10-6-5-7-11-16)20-15-19(21)12-8-9-13-19/h16-18,20H,3-15H2,1-2H3. The lowest BCUT2D eigenvalue weighted by Gasteiger charge is -2.53. The van der Waals surface area contributed by atoms with Crippen LogP contribution in [0.3, 0.4) is 0 Å². The van der Waals surface area contributed by atoms with Gasteiger partial charge >= 0.3 is 0 Å². The third-order valence-electron chi connectivity index (χ3n) is 6.83. The molecule has 1 unspecified atom stereocenters. The van der Waals surface area contributed by atoms with E-state index < -0.39 is 0 Å². The van der Waals surface area contributed by atoms with E-state index in [1.807, 2.05) is 0 Å². The summed E-state index contributed by atoms with van der Waals surface area (Å²) >= 11 is 0. The maximum atomic E-state index is 4.01. The van der Waals surface area contributed by atoms with Crippen LogP contribution in [0.2, 0.25) is 0 Å². The zero-order valence-corrected chi connectivity index (χ0v) is 14.4. The molecule has 1 spiro atoms. The molecular weight excluding hydrogens is 256 g/mol. The van der Waals surface area contributed by atoms with Gasteiger partial charge in [-0.15, -0.1) is 0 Å². The van der Waals surface area contributed by atoms with Crippen LogP contribution in [0.5, 0.6) is 0 Å².